The Labute approximate surface area is 337 Å². The quantitative estimate of drug-likeness (QED) is 0.111. The van der Waals surface area contributed by atoms with Crippen LogP contribution in [-0.4, -0.2) is 35.8 Å². The number of tetrazole rings is 1. The Balaban J connectivity index is 1.32. The molecule has 0 saturated carbocycles. The van der Waals surface area contributed by atoms with Crippen LogP contribution < -0.4 is 11.1 Å². The van der Waals surface area contributed by atoms with Crippen LogP contribution in [0.3, 0.4) is 0 Å². The highest BCUT2D eigenvalue weighted by Crippen LogP contribution is 2.49. The van der Waals surface area contributed by atoms with Crippen molar-refractivity contribution in [1.29, 1.82) is 0 Å². The van der Waals surface area contributed by atoms with Crippen molar-refractivity contribution in [2.24, 2.45) is 5.73 Å². The second kappa shape index (κ2) is 16.0. The van der Waals surface area contributed by atoms with E-state index in [0.717, 1.165) is 73.2 Å². The first-order chi connectivity index (χ1) is 27.4. The van der Waals surface area contributed by atoms with Crippen LogP contribution in [0.5, 0.6) is 0 Å². The molecule has 8 rings (SSSR count). The summed E-state index contributed by atoms with van der Waals surface area (Å²) >= 11 is 10.7. The molecular formula is C44H38BrClN8O2. The third-order valence-corrected chi connectivity index (χ3v) is 11.3. The predicted octanol–water partition coefficient (Wildman–Crippen LogP) is 9.72. The molecule has 0 fully saturated rings. The number of fused-ring (bicyclic) bond motifs is 1. The fourth-order valence-electron chi connectivity index (χ4n) is 7.61. The molecule has 0 atom stereocenters. The zero-order chi connectivity index (χ0) is 38.6. The number of carbonyl (C=O) groups is 1. The van der Waals surface area contributed by atoms with Gasteiger partial charge >= 0.3 is 6.03 Å². The van der Waals surface area contributed by atoms with Crippen molar-refractivity contribution in [3.63, 3.8) is 0 Å². The van der Waals surface area contributed by atoms with Gasteiger partial charge in [0.1, 0.15) is 5.82 Å². The summed E-state index contributed by atoms with van der Waals surface area (Å²) in [5.74, 6) is 1.29. The van der Waals surface area contributed by atoms with Crippen LogP contribution >= 0.6 is 27.5 Å². The number of nitrogens with two attached hydrogens (primary N) is 1. The first kappa shape index (κ1) is 36.9. The van der Waals surface area contributed by atoms with E-state index < -0.39 is 11.6 Å². The molecule has 4 aromatic carbocycles. The Morgan fingerprint density at radius 2 is 1.45 bits per heavy atom. The van der Waals surface area contributed by atoms with Crippen molar-refractivity contribution >= 4 is 33.6 Å². The van der Waals surface area contributed by atoms with Gasteiger partial charge in [0.25, 0.3) is 0 Å². The maximum Gasteiger partial charge on any atom is 0.312 e. The second-order valence-corrected chi connectivity index (χ2v) is 14.6. The predicted molar refractivity (Wildman–Crippen MR) is 221 cm³/mol. The maximum atomic E-state index is 11.8. The van der Waals surface area contributed by atoms with Gasteiger partial charge in [0.15, 0.2) is 10.7 Å². The zero-order valence-corrected chi connectivity index (χ0v) is 32.9. The molecule has 2 aromatic heterocycles. The number of urea groups is 1. The number of amides is 2. The van der Waals surface area contributed by atoms with Gasteiger partial charge < -0.3 is 20.0 Å². The molecule has 0 unspecified atom stereocenters. The minimum absolute atomic E-state index is 0.132. The Morgan fingerprint density at radius 1 is 0.839 bits per heavy atom. The standard InChI is InChI=1S/C44H38BrClN8O2/c1-2-3-23-38-49-41(46)37(26-48-43(47)55)53(38)27-35-32-24-25-56-28-36(32)40(45)39(35)33-21-13-14-22-34(33)42-50-52-54(51-42)44(29-15-7-4-8-16-29,30-17-9-5-10-18-30)31-19-11-6-12-20-31/h4-22,24-25,28H,2-3,23,26-27H2,1H3,(H3,47,48,55). The van der Waals surface area contributed by atoms with E-state index in [4.69, 9.17) is 42.1 Å². The van der Waals surface area contributed by atoms with Gasteiger partial charge in [-0.3, -0.25) is 0 Å². The molecule has 6 aromatic rings. The van der Waals surface area contributed by atoms with Crippen LogP contribution in [0.1, 0.15) is 53.5 Å². The molecule has 1 aliphatic carbocycles. The number of unbranched alkanes of at least 4 members (excludes halogenated alkanes) is 1. The normalized spacial score (nSPS) is 11.6. The van der Waals surface area contributed by atoms with Crippen molar-refractivity contribution in [1.82, 2.24) is 35.1 Å². The Kier molecular flexibility index (Phi) is 10.5. The lowest BCUT2D eigenvalue weighted by Crippen LogP contribution is -2.39. The molecule has 2 aliphatic rings. The van der Waals surface area contributed by atoms with E-state index in [1.54, 1.807) is 17.3 Å². The molecule has 1 aliphatic heterocycles. The monoisotopic (exact) mass is 824 g/mol. The van der Waals surface area contributed by atoms with Crippen LogP contribution in [0.15, 0.2) is 143 Å². The number of nitrogens with one attached hydrogen (secondary N) is 1. The first-order valence-electron chi connectivity index (χ1n) is 18.4. The van der Waals surface area contributed by atoms with Crippen LogP contribution in [-0.2, 0) is 25.0 Å². The summed E-state index contributed by atoms with van der Waals surface area (Å²) in [6.45, 7) is 2.68. The number of hydrogen-bond donors (Lipinski definition) is 2. The van der Waals surface area contributed by atoms with Crippen LogP contribution in [0.2, 0.25) is 5.15 Å². The number of aryl methyl sites for hydroxylation is 1. The SMILES string of the molecule is CCCCc1nc(Cl)c(CNC(N)=O)n1Cc1c2ccocc-2c(Br)c1-c1ccccc1-c1nnn(C(c2ccccc2)(c2ccccc2)c2ccccc2)n1. The summed E-state index contributed by atoms with van der Waals surface area (Å²) in [5, 5.41) is 17.9. The average Bonchev–Trinajstić information content (AvgIpc) is 3.92. The number of nitrogens with zero attached hydrogens (tertiary/aromatic N) is 6. The molecule has 3 heterocycles. The van der Waals surface area contributed by atoms with E-state index in [1.165, 1.54) is 0 Å². The molecule has 2 amide bonds. The highest BCUT2D eigenvalue weighted by Gasteiger charge is 2.41. The van der Waals surface area contributed by atoms with Crippen LogP contribution in [0, 0.1) is 0 Å². The Bertz CT molecular complexity index is 2470. The van der Waals surface area contributed by atoms with Crippen molar-refractivity contribution in [2.45, 2.75) is 44.8 Å². The third kappa shape index (κ3) is 6.67. The molecule has 12 heteroatoms. The third-order valence-electron chi connectivity index (χ3n) is 10.2. The largest absolute Gasteiger partial charge is 0.472 e. The smallest absolute Gasteiger partial charge is 0.312 e. The topological polar surface area (TPSA) is 130 Å². The van der Waals surface area contributed by atoms with Crippen molar-refractivity contribution in [3.8, 4) is 33.6 Å². The summed E-state index contributed by atoms with van der Waals surface area (Å²) in [6, 6.07) is 40.2. The zero-order valence-electron chi connectivity index (χ0n) is 30.6. The van der Waals surface area contributed by atoms with Gasteiger partial charge in [-0.25, -0.2) is 9.78 Å². The summed E-state index contributed by atoms with van der Waals surface area (Å²) < 4.78 is 8.66. The Morgan fingerprint density at radius 3 is 2.05 bits per heavy atom. The molecule has 0 spiro atoms. The fraction of sp³-hybridized carbons (Fsp3) is 0.159. The number of halogens is 2. The lowest BCUT2D eigenvalue weighted by atomic mass is 9.77. The van der Waals surface area contributed by atoms with E-state index >= 15 is 0 Å². The number of carbonyl (C=O) groups excluding carboxylic acids is 1. The fourth-order valence-corrected chi connectivity index (χ4v) is 8.63. The number of aromatic nitrogens is 6. The van der Waals surface area contributed by atoms with Gasteiger partial charge in [0.2, 0.25) is 5.82 Å². The van der Waals surface area contributed by atoms with Gasteiger partial charge in [-0.2, -0.15) is 0 Å². The van der Waals surface area contributed by atoms with Crippen molar-refractivity contribution in [2.75, 3.05) is 0 Å². The van der Waals surface area contributed by atoms with Crippen molar-refractivity contribution < 1.29 is 9.21 Å². The number of benzene rings is 4. The highest BCUT2D eigenvalue weighted by molar-refractivity contribution is 9.10. The van der Waals surface area contributed by atoms with E-state index in [1.807, 2.05) is 78.9 Å². The summed E-state index contributed by atoms with van der Waals surface area (Å²) in [5.41, 5.74) is 13.7. The number of rotatable bonds is 13. The van der Waals surface area contributed by atoms with Gasteiger partial charge in [0.05, 0.1) is 31.3 Å². The average molecular weight is 826 g/mol. The second-order valence-electron chi connectivity index (χ2n) is 13.5. The molecule has 0 saturated heterocycles. The Hall–Kier alpha value is -6.04. The minimum Gasteiger partial charge on any atom is -0.472 e. The van der Waals surface area contributed by atoms with Gasteiger partial charge in [-0.15, -0.1) is 15.0 Å². The van der Waals surface area contributed by atoms with Gasteiger partial charge in [-0.05, 0) is 67.0 Å². The number of imidazole rings is 1. The van der Waals surface area contributed by atoms with E-state index in [2.05, 4.69) is 75.2 Å². The van der Waals surface area contributed by atoms with E-state index in [9.17, 15) is 4.79 Å². The highest BCUT2D eigenvalue weighted by atomic mass is 79.9. The summed E-state index contributed by atoms with van der Waals surface area (Å²) in [4.78, 5) is 18.3. The van der Waals surface area contributed by atoms with Crippen LogP contribution in [0.25, 0.3) is 33.6 Å². The number of hydrogen-bond acceptors (Lipinski definition) is 6. The lowest BCUT2D eigenvalue weighted by Gasteiger charge is -2.34. The first-order valence-corrected chi connectivity index (χ1v) is 19.6. The van der Waals surface area contributed by atoms with Gasteiger partial charge in [0, 0.05) is 27.6 Å². The maximum absolute atomic E-state index is 11.8. The molecule has 280 valence electrons. The van der Waals surface area contributed by atoms with E-state index in [0.29, 0.717) is 29.6 Å². The van der Waals surface area contributed by atoms with Gasteiger partial charge in [-0.1, -0.05) is 140 Å². The molecule has 0 bridgehead atoms. The molecule has 10 nitrogen and oxygen atoms in total. The number of primary amides is 1. The molecular weight excluding hydrogens is 788 g/mol. The van der Waals surface area contributed by atoms with Crippen molar-refractivity contribution in [3.05, 3.63) is 177 Å². The summed E-state index contributed by atoms with van der Waals surface area (Å²) in [6.07, 6.45) is 6.04. The lowest BCUT2D eigenvalue weighted by molar-refractivity contribution is 0.248. The van der Waals surface area contributed by atoms with Crippen LogP contribution in [0.4, 0.5) is 4.79 Å². The molecule has 0 radical (unpaired) electrons. The minimum atomic E-state index is -0.933. The van der Waals surface area contributed by atoms with E-state index in [-0.39, 0.29) is 6.54 Å². The molecule has 3 N–H and O–H groups in total. The summed E-state index contributed by atoms with van der Waals surface area (Å²) in [7, 11) is 0. The molecule has 56 heavy (non-hydrogen) atoms.